The molecule has 0 aromatic carbocycles. The molecule has 0 saturated carbocycles. The van der Waals surface area contributed by atoms with Crippen molar-refractivity contribution in [2.75, 3.05) is 6.61 Å². The first-order valence-electron chi connectivity index (χ1n) is 7.92. The SMILES string of the molecule is CCCCCC#CCCOC(=O)CCCCCCC. The third-order valence-electron chi connectivity index (χ3n) is 3.00. The molecule has 0 aliphatic carbocycles. The molecule has 0 aliphatic heterocycles. The molecule has 0 fully saturated rings. The van der Waals surface area contributed by atoms with Crippen LogP contribution in [-0.2, 0) is 9.53 Å². The van der Waals surface area contributed by atoms with Gasteiger partial charge in [-0.15, -0.1) is 5.92 Å². The maximum absolute atomic E-state index is 11.4. The van der Waals surface area contributed by atoms with E-state index in [0.29, 0.717) is 19.4 Å². The van der Waals surface area contributed by atoms with E-state index in [9.17, 15) is 4.79 Å². The predicted molar refractivity (Wildman–Crippen MR) is 80.9 cm³/mol. The Kier molecular flexibility index (Phi) is 14.3. The van der Waals surface area contributed by atoms with Crippen LogP contribution in [-0.4, -0.2) is 12.6 Å². The standard InChI is InChI=1S/C17H30O2/c1-3-5-7-9-10-12-14-16-19-17(18)15-13-11-8-6-4-2/h3-9,11,13-16H2,1-2H3. The molecule has 0 saturated heterocycles. The molecule has 0 spiro atoms. The second-order valence-electron chi connectivity index (χ2n) is 4.95. The fourth-order valence-electron chi connectivity index (χ4n) is 1.80. The summed E-state index contributed by atoms with van der Waals surface area (Å²) < 4.78 is 5.13. The van der Waals surface area contributed by atoms with Gasteiger partial charge < -0.3 is 4.74 Å². The molecule has 0 N–H and O–H groups in total. The number of hydrogen-bond acceptors (Lipinski definition) is 2. The second-order valence-corrected chi connectivity index (χ2v) is 4.95. The van der Waals surface area contributed by atoms with E-state index in [0.717, 1.165) is 19.3 Å². The van der Waals surface area contributed by atoms with Crippen molar-refractivity contribution in [3.05, 3.63) is 0 Å². The van der Waals surface area contributed by atoms with Gasteiger partial charge in [0, 0.05) is 19.3 Å². The van der Waals surface area contributed by atoms with Gasteiger partial charge in [0.15, 0.2) is 0 Å². The topological polar surface area (TPSA) is 26.3 Å². The van der Waals surface area contributed by atoms with Crippen molar-refractivity contribution in [2.24, 2.45) is 0 Å². The lowest BCUT2D eigenvalue weighted by atomic mass is 10.1. The number of esters is 1. The number of ether oxygens (including phenoxy) is 1. The van der Waals surface area contributed by atoms with Crippen LogP contribution in [0.15, 0.2) is 0 Å². The van der Waals surface area contributed by atoms with E-state index in [1.807, 2.05) is 0 Å². The fourth-order valence-corrected chi connectivity index (χ4v) is 1.80. The molecule has 0 atom stereocenters. The largest absolute Gasteiger partial charge is 0.465 e. The van der Waals surface area contributed by atoms with Crippen LogP contribution in [0, 0.1) is 11.8 Å². The average Bonchev–Trinajstić information content (AvgIpc) is 2.41. The highest BCUT2D eigenvalue weighted by molar-refractivity contribution is 5.69. The van der Waals surface area contributed by atoms with E-state index in [1.54, 1.807) is 0 Å². The maximum atomic E-state index is 11.4. The summed E-state index contributed by atoms with van der Waals surface area (Å²) in [5.41, 5.74) is 0. The van der Waals surface area contributed by atoms with Crippen LogP contribution in [0.25, 0.3) is 0 Å². The maximum Gasteiger partial charge on any atom is 0.305 e. The highest BCUT2D eigenvalue weighted by atomic mass is 16.5. The highest BCUT2D eigenvalue weighted by Crippen LogP contribution is 2.05. The smallest absolute Gasteiger partial charge is 0.305 e. The molecule has 0 aromatic heterocycles. The van der Waals surface area contributed by atoms with E-state index >= 15 is 0 Å². The van der Waals surface area contributed by atoms with Gasteiger partial charge in [0.1, 0.15) is 6.61 Å². The van der Waals surface area contributed by atoms with Crippen LogP contribution in [0.5, 0.6) is 0 Å². The minimum atomic E-state index is -0.0655. The Bertz CT molecular complexity index is 260. The van der Waals surface area contributed by atoms with Crippen molar-refractivity contribution < 1.29 is 9.53 Å². The van der Waals surface area contributed by atoms with Crippen molar-refractivity contribution in [2.45, 2.75) is 84.5 Å². The minimum absolute atomic E-state index is 0.0655. The molecule has 110 valence electrons. The lowest BCUT2D eigenvalue weighted by Gasteiger charge is -2.02. The van der Waals surface area contributed by atoms with Crippen molar-refractivity contribution in [3.63, 3.8) is 0 Å². The van der Waals surface area contributed by atoms with Crippen LogP contribution >= 0.6 is 0 Å². The van der Waals surface area contributed by atoms with Crippen molar-refractivity contribution in [1.82, 2.24) is 0 Å². The summed E-state index contributed by atoms with van der Waals surface area (Å²) in [6, 6.07) is 0. The van der Waals surface area contributed by atoms with Crippen molar-refractivity contribution in [1.29, 1.82) is 0 Å². The Morgan fingerprint density at radius 3 is 2.21 bits per heavy atom. The first-order chi connectivity index (χ1) is 9.31. The molecule has 19 heavy (non-hydrogen) atoms. The molecule has 2 heteroatoms. The number of carbonyl (C=O) groups excluding carboxylic acids is 1. The lowest BCUT2D eigenvalue weighted by Crippen LogP contribution is -2.05. The Hall–Kier alpha value is -0.970. The van der Waals surface area contributed by atoms with Gasteiger partial charge in [0.05, 0.1) is 0 Å². The van der Waals surface area contributed by atoms with E-state index in [2.05, 4.69) is 25.7 Å². The molecule has 0 radical (unpaired) electrons. The van der Waals surface area contributed by atoms with Crippen LogP contribution in [0.4, 0.5) is 0 Å². The van der Waals surface area contributed by atoms with Crippen molar-refractivity contribution in [3.8, 4) is 11.8 Å². The monoisotopic (exact) mass is 266 g/mol. The van der Waals surface area contributed by atoms with Crippen LogP contribution in [0.3, 0.4) is 0 Å². The molecule has 0 aliphatic rings. The first-order valence-corrected chi connectivity index (χ1v) is 7.92. The molecule has 2 nitrogen and oxygen atoms in total. The van der Waals surface area contributed by atoms with Crippen LogP contribution < -0.4 is 0 Å². The number of rotatable bonds is 11. The minimum Gasteiger partial charge on any atom is -0.465 e. The average molecular weight is 266 g/mol. The summed E-state index contributed by atoms with van der Waals surface area (Å²) in [7, 11) is 0. The second kappa shape index (κ2) is 15.1. The van der Waals surface area contributed by atoms with E-state index in [1.165, 1.54) is 38.5 Å². The summed E-state index contributed by atoms with van der Waals surface area (Å²) in [6.45, 7) is 4.83. The first kappa shape index (κ1) is 18.0. The zero-order valence-corrected chi connectivity index (χ0v) is 12.8. The number of unbranched alkanes of at least 4 members (excludes halogenated alkanes) is 7. The highest BCUT2D eigenvalue weighted by Gasteiger charge is 2.01. The fraction of sp³-hybridized carbons (Fsp3) is 0.824. The van der Waals surface area contributed by atoms with Gasteiger partial charge in [0.2, 0.25) is 0 Å². The van der Waals surface area contributed by atoms with Gasteiger partial charge in [-0.05, 0) is 12.8 Å². The molecule has 0 amide bonds. The molecular formula is C17H30O2. The van der Waals surface area contributed by atoms with Crippen LogP contribution in [0.1, 0.15) is 84.5 Å². The molecule has 0 aromatic rings. The summed E-state index contributed by atoms with van der Waals surface area (Å²) in [4.78, 5) is 11.4. The summed E-state index contributed by atoms with van der Waals surface area (Å²) >= 11 is 0. The predicted octanol–water partition coefficient (Wildman–Crippen LogP) is 4.86. The van der Waals surface area contributed by atoms with E-state index < -0.39 is 0 Å². The molecule has 0 unspecified atom stereocenters. The van der Waals surface area contributed by atoms with Gasteiger partial charge in [0.25, 0.3) is 0 Å². The Labute approximate surface area is 119 Å². The quantitative estimate of drug-likeness (QED) is 0.303. The van der Waals surface area contributed by atoms with Gasteiger partial charge in [-0.1, -0.05) is 58.3 Å². The lowest BCUT2D eigenvalue weighted by molar-refractivity contribution is -0.143. The number of hydrogen-bond donors (Lipinski definition) is 0. The number of carbonyl (C=O) groups is 1. The normalized spacial score (nSPS) is 9.79. The van der Waals surface area contributed by atoms with E-state index in [-0.39, 0.29) is 5.97 Å². The summed E-state index contributed by atoms with van der Waals surface area (Å²) in [5, 5.41) is 0. The Morgan fingerprint density at radius 2 is 1.47 bits per heavy atom. The third-order valence-corrected chi connectivity index (χ3v) is 3.00. The third kappa shape index (κ3) is 15.0. The van der Waals surface area contributed by atoms with Gasteiger partial charge in [-0.25, -0.2) is 0 Å². The van der Waals surface area contributed by atoms with Crippen LogP contribution in [0.2, 0.25) is 0 Å². The molecule has 0 rings (SSSR count). The summed E-state index contributed by atoms with van der Waals surface area (Å²) in [5.74, 6) is 6.11. The summed E-state index contributed by atoms with van der Waals surface area (Å²) in [6.07, 6.45) is 11.7. The zero-order chi connectivity index (χ0) is 14.2. The Balaban J connectivity index is 3.28. The zero-order valence-electron chi connectivity index (χ0n) is 12.8. The molecule has 0 heterocycles. The van der Waals surface area contributed by atoms with E-state index in [4.69, 9.17) is 4.74 Å². The van der Waals surface area contributed by atoms with Crippen molar-refractivity contribution >= 4 is 5.97 Å². The van der Waals surface area contributed by atoms with Gasteiger partial charge in [-0.3, -0.25) is 4.79 Å². The van der Waals surface area contributed by atoms with Gasteiger partial charge >= 0.3 is 5.97 Å². The van der Waals surface area contributed by atoms with Gasteiger partial charge in [-0.2, -0.15) is 0 Å². The molecule has 0 bridgehead atoms. The Morgan fingerprint density at radius 1 is 0.842 bits per heavy atom. The molecular weight excluding hydrogens is 236 g/mol.